The van der Waals surface area contributed by atoms with Gasteiger partial charge >= 0.3 is 0 Å². The van der Waals surface area contributed by atoms with E-state index in [9.17, 15) is 0 Å². The number of allylic oxidation sites excluding steroid dienone is 1. The zero-order chi connectivity index (χ0) is 9.68. The largest absolute Gasteiger partial charge is 0.301 e. The first-order chi connectivity index (χ1) is 6.31. The molecule has 0 aromatic heterocycles. The van der Waals surface area contributed by atoms with Crippen LogP contribution in [0.25, 0.3) is 0 Å². The monoisotopic (exact) mass is 178 g/mol. The summed E-state index contributed by atoms with van der Waals surface area (Å²) in [6, 6.07) is 2.92. The normalized spacial score (nSPS) is 22.6. The fourth-order valence-electron chi connectivity index (χ4n) is 1.99. The zero-order valence-corrected chi connectivity index (χ0v) is 8.58. The Bertz CT molecular complexity index is 221. The molecule has 0 saturated heterocycles. The smallest absolute Gasteiger partial charge is 0.0943 e. The maximum absolute atomic E-state index is 8.70. The number of hydrogen-bond acceptors (Lipinski definition) is 2. The number of rotatable bonds is 3. The summed E-state index contributed by atoms with van der Waals surface area (Å²) < 4.78 is 0. The molecule has 0 saturated carbocycles. The molecule has 0 spiro atoms. The van der Waals surface area contributed by atoms with E-state index in [0.717, 1.165) is 37.9 Å². The Morgan fingerprint density at radius 1 is 1.54 bits per heavy atom. The summed E-state index contributed by atoms with van der Waals surface area (Å²) in [5.74, 6) is 0. The van der Waals surface area contributed by atoms with E-state index in [1.165, 1.54) is 0 Å². The minimum atomic E-state index is 0.673. The molecule has 0 aromatic rings. The van der Waals surface area contributed by atoms with E-state index in [0.29, 0.717) is 6.04 Å². The van der Waals surface area contributed by atoms with E-state index in [1.54, 1.807) is 0 Å². The molecule has 1 unspecified atom stereocenters. The van der Waals surface area contributed by atoms with Crippen molar-refractivity contribution in [3.63, 3.8) is 0 Å². The molecule has 13 heavy (non-hydrogen) atoms. The lowest BCUT2D eigenvalue weighted by Crippen LogP contribution is -2.35. The average molecular weight is 178 g/mol. The molecule has 0 N–H and O–H groups in total. The standard InChI is InChI=1S/C11H18N2/c1-3-13(4-2)11-7-5-10(9-12)6-8-11/h5,11H,3-4,6-8H2,1-2H3. The van der Waals surface area contributed by atoms with Crippen molar-refractivity contribution in [2.24, 2.45) is 0 Å². The quantitative estimate of drug-likeness (QED) is 0.663. The summed E-state index contributed by atoms with van der Waals surface area (Å²) in [5, 5.41) is 8.70. The molecule has 0 aliphatic heterocycles. The van der Waals surface area contributed by atoms with Crippen molar-refractivity contribution in [3.8, 4) is 6.07 Å². The van der Waals surface area contributed by atoms with Gasteiger partial charge in [0.15, 0.2) is 0 Å². The van der Waals surface area contributed by atoms with E-state index in [2.05, 4.69) is 30.9 Å². The highest BCUT2D eigenvalue weighted by molar-refractivity contribution is 5.23. The second-order valence-corrected chi connectivity index (χ2v) is 3.49. The van der Waals surface area contributed by atoms with E-state index in [4.69, 9.17) is 5.26 Å². The lowest BCUT2D eigenvalue weighted by molar-refractivity contribution is 0.203. The van der Waals surface area contributed by atoms with Gasteiger partial charge in [-0.05, 0) is 32.4 Å². The van der Waals surface area contributed by atoms with E-state index < -0.39 is 0 Å². The van der Waals surface area contributed by atoms with Gasteiger partial charge in [0.2, 0.25) is 0 Å². The minimum absolute atomic E-state index is 0.673. The summed E-state index contributed by atoms with van der Waals surface area (Å²) in [7, 11) is 0. The molecule has 0 fully saturated rings. The number of nitrogens with zero attached hydrogens (tertiary/aromatic N) is 2. The molecule has 1 atom stereocenters. The summed E-state index contributed by atoms with van der Waals surface area (Å²) in [5.41, 5.74) is 0.975. The van der Waals surface area contributed by atoms with Gasteiger partial charge in [-0.2, -0.15) is 5.26 Å². The zero-order valence-electron chi connectivity index (χ0n) is 8.58. The molecule has 2 nitrogen and oxygen atoms in total. The first-order valence-corrected chi connectivity index (χ1v) is 5.15. The second kappa shape index (κ2) is 5.04. The molecule has 72 valence electrons. The predicted molar refractivity (Wildman–Crippen MR) is 54.3 cm³/mol. The molecule has 1 aliphatic rings. The highest BCUT2D eigenvalue weighted by Gasteiger charge is 2.18. The lowest BCUT2D eigenvalue weighted by Gasteiger charge is -2.31. The molecule has 0 radical (unpaired) electrons. The van der Waals surface area contributed by atoms with Crippen LogP contribution in [0.5, 0.6) is 0 Å². The van der Waals surface area contributed by atoms with Gasteiger partial charge in [0, 0.05) is 11.6 Å². The van der Waals surface area contributed by atoms with Crippen LogP contribution in [0.1, 0.15) is 33.1 Å². The number of nitriles is 1. The molecule has 0 amide bonds. The Kier molecular flexibility index (Phi) is 3.98. The van der Waals surface area contributed by atoms with Crippen molar-refractivity contribution in [1.82, 2.24) is 4.90 Å². The Morgan fingerprint density at radius 2 is 2.23 bits per heavy atom. The third-order valence-corrected chi connectivity index (χ3v) is 2.86. The summed E-state index contributed by atoms with van der Waals surface area (Å²) in [6.45, 7) is 6.65. The first-order valence-electron chi connectivity index (χ1n) is 5.15. The molecule has 1 rings (SSSR count). The van der Waals surface area contributed by atoms with Gasteiger partial charge in [0.25, 0.3) is 0 Å². The van der Waals surface area contributed by atoms with Crippen LogP contribution in [0, 0.1) is 11.3 Å². The summed E-state index contributed by atoms with van der Waals surface area (Å²) in [6.07, 6.45) is 5.29. The van der Waals surface area contributed by atoms with Crippen LogP contribution in [0.2, 0.25) is 0 Å². The second-order valence-electron chi connectivity index (χ2n) is 3.49. The van der Waals surface area contributed by atoms with Gasteiger partial charge < -0.3 is 4.90 Å². The molecule has 2 heteroatoms. The van der Waals surface area contributed by atoms with Crippen LogP contribution in [-0.2, 0) is 0 Å². The molecule has 0 heterocycles. The highest BCUT2D eigenvalue weighted by atomic mass is 15.1. The minimum Gasteiger partial charge on any atom is -0.301 e. The molecule has 0 aromatic carbocycles. The van der Waals surface area contributed by atoms with Crippen molar-refractivity contribution in [2.45, 2.75) is 39.2 Å². The fraction of sp³-hybridized carbons (Fsp3) is 0.727. The Hall–Kier alpha value is -0.810. The van der Waals surface area contributed by atoms with Crippen molar-refractivity contribution in [2.75, 3.05) is 13.1 Å². The van der Waals surface area contributed by atoms with Crippen LogP contribution in [0.3, 0.4) is 0 Å². The highest BCUT2D eigenvalue weighted by Crippen LogP contribution is 2.21. The van der Waals surface area contributed by atoms with Crippen LogP contribution in [0.4, 0.5) is 0 Å². The molecular formula is C11H18N2. The van der Waals surface area contributed by atoms with E-state index in [-0.39, 0.29) is 0 Å². The molecular weight excluding hydrogens is 160 g/mol. The Balaban J connectivity index is 2.50. The maximum atomic E-state index is 8.70. The Morgan fingerprint density at radius 3 is 2.62 bits per heavy atom. The van der Waals surface area contributed by atoms with Gasteiger partial charge in [-0.25, -0.2) is 0 Å². The lowest BCUT2D eigenvalue weighted by atomic mass is 9.95. The maximum Gasteiger partial charge on any atom is 0.0943 e. The topological polar surface area (TPSA) is 27.0 Å². The fourth-order valence-corrected chi connectivity index (χ4v) is 1.99. The SMILES string of the molecule is CCN(CC)C1CC=C(C#N)CC1. The van der Waals surface area contributed by atoms with Gasteiger partial charge in [-0.1, -0.05) is 19.9 Å². The van der Waals surface area contributed by atoms with Crippen molar-refractivity contribution < 1.29 is 0 Å². The van der Waals surface area contributed by atoms with Gasteiger partial charge in [-0.3, -0.25) is 0 Å². The van der Waals surface area contributed by atoms with Gasteiger partial charge in [0.1, 0.15) is 0 Å². The first kappa shape index (κ1) is 10.3. The van der Waals surface area contributed by atoms with Crippen molar-refractivity contribution in [3.05, 3.63) is 11.6 Å². The molecule has 0 bridgehead atoms. The van der Waals surface area contributed by atoms with Crippen LogP contribution in [0.15, 0.2) is 11.6 Å². The van der Waals surface area contributed by atoms with E-state index in [1.807, 2.05) is 0 Å². The number of hydrogen-bond donors (Lipinski definition) is 0. The predicted octanol–water partition coefficient (Wildman–Crippen LogP) is 2.33. The van der Waals surface area contributed by atoms with Crippen molar-refractivity contribution >= 4 is 0 Å². The van der Waals surface area contributed by atoms with Gasteiger partial charge in [-0.15, -0.1) is 0 Å². The molecule has 1 aliphatic carbocycles. The Labute approximate surface area is 80.8 Å². The third kappa shape index (κ3) is 2.57. The summed E-state index contributed by atoms with van der Waals surface area (Å²) >= 11 is 0. The van der Waals surface area contributed by atoms with E-state index >= 15 is 0 Å². The average Bonchev–Trinajstić information content (AvgIpc) is 2.21. The summed E-state index contributed by atoms with van der Waals surface area (Å²) in [4.78, 5) is 2.48. The van der Waals surface area contributed by atoms with Gasteiger partial charge in [0.05, 0.1) is 6.07 Å². The van der Waals surface area contributed by atoms with Crippen LogP contribution in [-0.4, -0.2) is 24.0 Å². The van der Waals surface area contributed by atoms with Crippen molar-refractivity contribution in [1.29, 1.82) is 5.26 Å². The third-order valence-electron chi connectivity index (χ3n) is 2.86. The van der Waals surface area contributed by atoms with Crippen LogP contribution < -0.4 is 0 Å². The van der Waals surface area contributed by atoms with Crippen LogP contribution >= 0.6 is 0 Å².